The fourth-order valence-corrected chi connectivity index (χ4v) is 1.77. The molecule has 0 aliphatic carbocycles. The normalized spacial score (nSPS) is 25.1. The van der Waals surface area contributed by atoms with E-state index >= 15 is 0 Å². The molecule has 1 saturated heterocycles. The van der Waals surface area contributed by atoms with E-state index in [0.29, 0.717) is 13.0 Å². The summed E-state index contributed by atoms with van der Waals surface area (Å²) < 4.78 is 4.88. The first-order valence-corrected chi connectivity index (χ1v) is 5.28. The van der Waals surface area contributed by atoms with E-state index < -0.39 is 5.97 Å². The van der Waals surface area contributed by atoms with Crippen molar-refractivity contribution in [2.75, 3.05) is 6.61 Å². The van der Waals surface area contributed by atoms with E-state index in [4.69, 9.17) is 9.84 Å². The van der Waals surface area contributed by atoms with Gasteiger partial charge in [-0.1, -0.05) is 0 Å². The topological polar surface area (TPSA) is 75.6 Å². The highest BCUT2D eigenvalue weighted by atomic mass is 16.5. The molecule has 1 fully saturated rings. The van der Waals surface area contributed by atoms with Crippen LogP contribution in [0.25, 0.3) is 0 Å². The van der Waals surface area contributed by atoms with E-state index in [0.717, 1.165) is 12.8 Å². The Labute approximate surface area is 88.8 Å². The number of carboxylic acid groups (broad SMARTS) is 1. The SMILES string of the molecule is CCOC(=O)C1CCC(CCC(=O)O)N1. The van der Waals surface area contributed by atoms with Crippen molar-refractivity contribution < 1.29 is 19.4 Å². The second kappa shape index (κ2) is 5.70. The molecule has 0 spiro atoms. The molecular formula is C10H17NO4. The van der Waals surface area contributed by atoms with Gasteiger partial charge < -0.3 is 15.2 Å². The summed E-state index contributed by atoms with van der Waals surface area (Å²) >= 11 is 0. The highest BCUT2D eigenvalue weighted by Crippen LogP contribution is 2.17. The van der Waals surface area contributed by atoms with Crippen LogP contribution in [-0.2, 0) is 14.3 Å². The summed E-state index contributed by atoms with van der Waals surface area (Å²) in [4.78, 5) is 21.7. The van der Waals surface area contributed by atoms with Crippen molar-refractivity contribution in [1.29, 1.82) is 0 Å². The molecule has 1 heterocycles. The van der Waals surface area contributed by atoms with Crippen LogP contribution in [0.4, 0.5) is 0 Å². The average Bonchev–Trinajstić information content (AvgIpc) is 2.63. The first-order valence-electron chi connectivity index (χ1n) is 5.28. The van der Waals surface area contributed by atoms with Gasteiger partial charge in [0.25, 0.3) is 0 Å². The van der Waals surface area contributed by atoms with E-state index in [1.54, 1.807) is 6.92 Å². The Hall–Kier alpha value is -1.10. The average molecular weight is 215 g/mol. The Morgan fingerprint density at radius 3 is 2.80 bits per heavy atom. The predicted molar refractivity (Wildman–Crippen MR) is 53.4 cm³/mol. The lowest BCUT2D eigenvalue weighted by molar-refractivity contribution is -0.145. The number of hydrogen-bond donors (Lipinski definition) is 2. The van der Waals surface area contributed by atoms with Crippen molar-refractivity contribution in [3.05, 3.63) is 0 Å². The number of carboxylic acids is 1. The van der Waals surface area contributed by atoms with Crippen LogP contribution in [0.5, 0.6) is 0 Å². The zero-order valence-corrected chi connectivity index (χ0v) is 8.86. The van der Waals surface area contributed by atoms with Crippen molar-refractivity contribution >= 4 is 11.9 Å². The van der Waals surface area contributed by atoms with Crippen LogP contribution in [0.2, 0.25) is 0 Å². The standard InChI is InChI=1S/C10H17NO4/c1-2-15-10(14)8-5-3-7(11-8)4-6-9(12)13/h7-8,11H,2-6H2,1H3,(H,12,13). The predicted octanol–water partition coefficient (Wildman–Crippen LogP) is 0.535. The lowest BCUT2D eigenvalue weighted by atomic mass is 10.1. The molecule has 2 atom stereocenters. The van der Waals surface area contributed by atoms with Crippen LogP contribution in [0.15, 0.2) is 0 Å². The van der Waals surface area contributed by atoms with Crippen LogP contribution in [0.3, 0.4) is 0 Å². The molecule has 1 aliphatic rings. The molecule has 5 heteroatoms. The number of aliphatic carboxylic acids is 1. The molecule has 0 bridgehead atoms. The number of carbonyl (C=O) groups excluding carboxylic acids is 1. The van der Waals surface area contributed by atoms with Gasteiger partial charge in [-0.2, -0.15) is 0 Å². The number of nitrogens with one attached hydrogen (secondary N) is 1. The second-order valence-electron chi connectivity index (χ2n) is 3.68. The third kappa shape index (κ3) is 3.87. The third-order valence-electron chi connectivity index (χ3n) is 2.52. The number of carbonyl (C=O) groups is 2. The highest BCUT2D eigenvalue weighted by molar-refractivity contribution is 5.76. The molecule has 2 N–H and O–H groups in total. The zero-order valence-electron chi connectivity index (χ0n) is 8.86. The van der Waals surface area contributed by atoms with Gasteiger partial charge in [0.2, 0.25) is 0 Å². The van der Waals surface area contributed by atoms with Crippen LogP contribution >= 0.6 is 0 Å². The van der Waals surface area contributed by atoms with Gasteiger partial charge in [0.15, 0.2) is 0 Å². The van der Waals surface area contributed by atoms with Crippen molar-refractivity contribution in [2.45, 2.75) is 44.7 Å². The highest BCUT2D eigenvalue weighted by Gasteiger charge is 2.29. The molecule has 0 aromatic heterocycles. The van der Waals surface area contributed by atoms with Gasteiger partial charge in [-0.05, 0) is 26.2 Å². The van der Waals surface area contributed by atoms with Gasteiger partial charge in [-0.15, -0.1) is 0 Å². The summed E-state index contributed by atoms with van der Waals surface area (Å²) in [5, 5.41) is 11.6. The summed E-state index contributed by atoms with van der Waals surface area (Å²) in [5.74, 6) is -1.02. The number of rotatable bonds is 5. The molecule has 1 rings (SSSR count). The summed E-state index contributed by atoms with van der Waals surface area (Å²) in [6.07, 6.45) is 2.30. The minimum absolute atomic E-state index is 0.135. The van der Waals surface area contributed by atoms with E-state index in [9.17, 15) is 9.59 Å². The van der Waals surface area contributed by atoms with Crippen molar-refractivity contribution in [1.82, 2.24) is 5.32 Å². The monoisotopic (exact) mass is 215 g/mol. The van der Waals surface area contributed by atoms with E-state index in [1.165, 1.54) is 0 Å². The molecule has 0 saturated carbocycles. The minimum atomic E-state index is -0.795. The maximum atomic E-state index is 11.3. The van der Waals surface area contributed by atoms with E-state index in [2.05, 4.69) is 5.32 Å². The van der Waals surface area contributed by atoms with Gasteiger partial charge in [0.1, 0.15) is 6.04 Å². The van der Waals surface area contributed by atoms with Crippen LogP contribution < -0.4 is 5.32 Å². The van der Waals surface area contributed by atoms with Gasteiger partial charge in [0, 0.05) is 12.5 Å². The smallest absolute Gasteiger partial charge is 0.323 e. The first kappa shape index (κ1) is 12.0. The molecule has 15 heavy (non-hydrogen) atoms. The van der Waals surface area contributed by atoms with E-state index in [1.807, 2.05) is 0 Å². The molecule has 5 nitrogen and oxygen atoms in total. The Morgan fingerprint density at radius 2 is 2.20 bits per heavy atom. The number of esters is 1. The zero-order chi connectivity index (χ0) is 11.3. The third-order valence-corrected chi connectivity index (χ3v) is 2.52. The van der Waals surface area contributed by atoms with Gasteiger partial charge in [-0.25, -0.2) is 0 Å². The minimum Gasteiger partial charge on any atom is -0.481 e. The maximum Gasteiger partial charge on any atom is 0.323 e. The van der Waals surface area contributed by atoms with Gasteiger partial charge >= 0.3 is 11.9 Å². The largest absolute Gasteiger partial charge is 0.481 e. The Kier molecular flexibility index (Phi) is 4.55. The van der Waals surface area contributed by atoms with Gasteiger partial charge in [-0.3, -0.25) is 9.59 Å². The summed E-state index contributed by atoms with van der Waals surface area (Å²) in [6, 6.07) is -0.112. The van der Waals surface area contributed by atoms with Crippen LogP contribution in [0, 0.1) is 0 Å². The second-order valence-corrected chi connectivity index (χ2v) is 3.68. The molecule has 0 aromatic rings. The number of ether oxygens (including phenoxy) is 1. The van der Waals surface area contributed by atoms with Crippen LogP contribution in [0.1, 0.15) is 32.6 Å². The lowest BCUT2D eigenvalue weighted by Crippen LogP contribution is -2.36. The first-order chi connectivity index (χ1) is 7.13. The fraction of sp³-hybridized carbons (Fsp3) is 0.800. The molecular weight excluding hydrogens is 198 g/mol. The molecule has 2 unspecified atom stereocenters. The Balaban J connectivity index is 2.26. The number of hydrogen-bond acceptors (Lipinski definition) is 4. The van der Waals surface area contributed by atoms with Crippen molar-refractivity contribution in [3.63, 3.8) is 0 Å². The fourth-order valence-electron chi connectivity index (χ4n) is 1.77. The van der Waals surface area contributed by atoms with Gasteiger partial charge in [0.05, 0.1) is 6.61 Å². The molecule has 1 aliphatic heterocycles. The van der Waals surface area contributed by atoms with Crippen LogP contribution in [-0.4, -0.2) is 35.7 Å². The van der Waals surface area contributed by atoms with Crippen molar-refractivity contribution in [2.24, 2.45) is 0 Å². The van der Waals surface area contributed by atoms with E-state index in [-0.39, 0.29) is 24.5 Å². The molecule has 0 aromatic carbocycles. The Morgan fingerprint density at radius 1 is 1.47 bits per heavy atom. The quantitative estimate of drug-likeness (QED) is 0.654. The summed E-state index contributed by atoms with van der Waals surface area (Å²) in [5.41, 5.74) is 0. The Bertz CT molecular complexity index is 242. The summed E-state index contributed by atoms with van der Waals surface area (Å²) in [7, 11) is 0. The molecule has 0 amide bonds. The molecule has 0 radical (unpaired) electrons. The summed E-state index contributed by atoms with van der Waals surface area (Å²) in [6.45, 7) is 2.16. The maximum absolute atomic E-state index is 11.3. The lowest BCUT2D eigenvalue weighted by Gasteiger charge is -2.12. The molecule has 86 valence electrons. The van der Waals surface area contributed by atoms with Crippen molar-refractivity contribution in [3.8, 4) is 0 Å².